The maximum absolute atomic E-state index is 13.5. The fourth-order valence-electron chi connectivity index (χ4n) is 2.19. The van der Waals surface area contributed by atoms with Crippen molar-refractivity contribution in [2.45, 2.75) is 6.92 Å². The molecular formula is C17H14FNO. The van der Waals surface area contributed by atoms with Gasteiger partial charge in [-0.2, -0.15) is 0 Å². The number of benzene rings is 2. The van der Waals surface area contributed by atoms with Crippen molar-refractivity contribution in [2.24, 2.45) is 0 Å². The maximum Gasteiger partial charge on any atom is 0.126 e. The molecule has 3 aromatic rings. The Hall–Kier alpha value is -2.42. The van der Waals surface area contributed by atoms with Gasteiger partial charge in [0.15, 0.2) is 0 Å². The number of halogens is 1. The molecule has 0 saturated carbocycles. The molecule has 0 radical (unpaired) electrons. The molecule has 2 nitrogen and oxygen atoms in total. The topological polar surface area (TPSA) is 22.1 Å². The standard InChI is InChI=1S/C17H14FNO/c1-11-8-17-13(10-15(11)18)6-7-16(19-17)12-4-3-5-14(9-12)20-2/h3-10H,1-2H3. The SMILES string of the molecule is COc1cccc(-c2ccc3cc(F)c(C)cc3n2)c1. The molecule has 0 spiro atoms. The molecule has 100 valence electrons. The summed E-state index contributed by atoms with van der Waals surface area (Å²) >= 11 is 0. The Balaban J connectivity index is 2.14. The van der Waals surface area contributed by atoms with Gasteiger partial charge in [0.1, 0.15) is 11.6 Å². The summed E-state index contributed by atoms with van der Waals surface area (Å²) in [5, 5.41) is 0.805. The largest absolute Gasteiger partial charge is 0.497 e. The molecular weight excluding hydrogens is 253 g/mol. The quantitative estimate of drug-likeness (QED) is 0.688. The molecule has 0 amide bonds. The minimum Gasteiger partial charge on any atom is -0.497 e. The van der Waals surface area contributed by atoms with E-state index in [0.717, 1.165) is 27.9 Å². The van der Waals surface area contributed by atoms with Gasteiger partial charge in [0, 0.05) is 10.9 Å². The summed E-state index contributed by atoms with van der Waals surface area (Å²) in [6.45, 7) is 1.74. The molecule has 0 saturated heterocycles. The first-order valence-corrected chi connectivity index (χ1v) is 6.39. The normalized spacial score (nSPS) is 10.8. The van der Waals surface area contributed by atoms with Gasteiger partial charge in [-0.25, -0.2) is 9.37 Å². The summed E-state index contributed by atoms with van der Waals surface area (Å²) in [6, 6.07) is 14.8. The zero-order valence-electron chi connectivity index (χ0n) is 11.4. The van der Waals surface area contributed by atoms with Crippen LogP contribution in [0.5, 0.6) is 5.75 Å². The van der Waals surface area contributed by atoms with Crippen LogP contribution in [-0.4, -0.2) is 12.1 Å². The molecule has 0 aliphatic rings. The molecule has 3 heteroatoms. The summed E-state index contributed by atoms with van der Waals surface area (Å²) < 4.78 is 18.7. The molecule has 20 heavy (non-hydrogen) atoms. The lowest BCUT2D eigenvalue weighted by molar-refractivity contribution is 0.415. The van der Waals surface area contributed by atoms with Crippen molar-refractivity contribution in [3.05, 3.63) is 59.9 Å². The highest BCUT2D eigenvalue weighted by Crippen LogP contribution is 2.25. The lowest BCUT2D eigenvalue weighted by atomic mass is 10.1. The smallest absolute Gasteiger partial charge is 0.126 e. The van der Waals surface area contributed by atoms with Crippen LogP contribution in [0, 0.1) is 12.7 Å². The van der Waals surface area contributed by atoms with Crippen LogP contribution in [0.15, 0.2) is 48.5 Å². The van der Waals surface area contributed by atoms with Crippen LogP contribution in [0.3, 0.4) is 0 Å². The summed E-state index contributed by atoms with van der Waals surface area (Å²) in [5.41, 5.74) is 3.23. The van der Waals surface area contributed by atoms with Crippen LogP contribution in [0.2, 0.25) is 0 Å². The fraction of sp³-hybridized carbons (Fsp3) is 0.118. The number of aryl methyl sites for hydroxylation is 1. The first kappa shape index (κ1) is 12.6. The zero-order valence-corrected chi connectivity index (χ0v) is 11.4. The minimum atomic E-state index is -0.201. The molecule has 0 bridgehead atoms. The number of nitrogens with zero attached hydrogens (tertiary/aromatic N) is 1. The third-order valence-electron chi connectivity index (χ3n) is 3.34. The van der Waals surface area contributed by atoms with E-state index < -0.39 is 0 Å². The fourth-order valence-corrected chi connectivity index (χ4v) is 2.19. The van der Waals surface area contributed by atoms with Crippen molar-refractivity contribution in [3.8, 4) is 17.0 Å². The number of aromatic nitrogens is 1. The van der Waals surface area contributed by atoms with E-state index in [-0.39, 0.29) is 5.82 Å². The van der Waals surface area contributed by atoms with Gasteiger partial charge in [-0.15, -0.1) is 0 Å². The number of fused-ring (bicyclic) bond motifs is 1. The molecule has 3 rings (SSSR count). The van der Waals surface area contributed by atoms with Crippen LogP contribution in [0.1, 0.15) is 5.56 Å². The summed E-state index contributed by atoms with van der Waals surface area (Å²) in [5.74, 6) is 0.591. The van der Waals surface area contributed by atoms with Gasteiger partial charge in [-0.05, 0) is 42.8 Å². The predicted octanol–water partition coefficient (Wildman–Crippen LogP) is 4.36. The average Bonchev–Trinajstić information content (AvgIpc) is 2.48. The molecule has 0 unspecified atom stereocenters. The number of methoxy groups -OCH3 is 1. The summed E-state index contributed by atoms with van der Waals surface area (Å²) in [6.07, 6.45) is 0. The number of ether oxygens (including phenoxy) is 1. The van der Waals surface area contributed by atoms with Crippen molar-refractivity contribution >= 4 is 10.9 Å². The highest BCUT2D eigenvalue weighted by atomic mass is 19.1. The molecule has 0 N–H and O–H groups in total. The minimum absolute atomic E-state index is 0.201. The van der Waals surface area contributed by atoms with Crippen molar-refractivity contribution in [1.82, 2.24) is 4.98 Å². The number of rotatable bonds is 2. The number of hydrogen-bond donors (Lipinski definition) is 0. The molecule has 0 atom stereocenters. The van der Waals surface area contributed by atoms with Gasteiger partial charge in [0.25, 0.3) is 0 Å². The Morgan fingerprint density at radius 3 is 2.70 bits per heavy atom. The Bertz CT molecular complexity index is 783. The predicted molar refractivity (Wildman–Crippen MR) is 78.4 cm³/mol. The lowest BCUT2D eigenvalue weighted by Crippen LogP contribution is -1.89. The van der Waals surface area contributed by atoms with E-state index in [2.05, 4.69) is 4.98 Å². The highest BCUT2D eigenvalue weighted by Gasteiger charge is 2.05. The van der Waals surface area contributed by atoms with E-state index in [9.17, 15) is 4.39 Å². The first-order valence-electron chi connectivity index (χ1n) is 6.39. The van der Waals surface area contributed by atoms with Gasteiger partial charge in [-0.3, -0.25) is 0 Å². The van der Waals surface area contributed by atoms with E-state index >= 15 is 0 Å². The average molecular weight is 267 g/mol. The number of hydrogen-bond acceptors (Lipinski definition) is 2. The maximum atomic E-state index is 13.5. The Labute approximate surface area is 116 Å². The summed E-state index contributed by atoms with van der Waals surface area (Å²) in [4.78, 5) is 4.60. The van der Waals surface area contributed by atoms with E-state index in [1.165, 1.54) is 6.07 Å². The second-order valence-corrected chi connectivity index (χ2v) is 4.72. The molecule has 1 heterocycles. The van der Waals surface area contributed by atoms with Crippen LogP contribution in [0.25, 0.3) is 22.2 Å². The van der Waals surface area contributed by atoms with E-state index in [4.69, 9.17) is 4.74 Å². The van der Waals surface area contributed by atoms with Crippen molar-refractivity contribution in [3.63, 3.8) is 0 Å². The van der Waals surface area contributed by atoms with Crippen molar-refractivity contribution < 1.29 is 9.13 Å². The molecule has 1 aromatic heterocycles. The highest BCUT2D eigenvalue weighted by molar-refractivity contribution is 5.82. The third-order valence-corrected chi connectivity index (χ3v) is 3.34. The molecule has 2 aromatic carbocycles. The van der Waals surface area contributed by atoms with Crippen LogP contribution in [-0.2, 0) is 0 Å². The molecule has 0 aliphatic carbocycles. The van der Waals surface area contributed by atoms with Crippen molar-refractivity contribution in [2.75, 3.05) is 7.11 Å². The Morgan fingerprint density at radius 2 is 1.90 bits per heavy atom. The van der Waals surface area contributed by atoms with Crippen LogP contribution < -0.4 is 4.74 Å². The van der Waals surface area contributed by atoms with E-state index in [1.54, 1.807) is 20.1 Å². The second-order valence-electron chi connectivity index (χ2n) is 4.72. The number of pyridine rings is 1. The van der Waals surface area contributed by atoms with Crippen LogP contribution in [0.4, 0.5) is 4.39 Å². The van der Waals surface area contributed by atoms with Crippen molar-refractivity contribution in [1.29, 1.82) is 0 Å². The Morgan fingerprint density at radius 1 is 1.05 bits per heavy atom. The van der Waals surface area contributed by atoms with Gasteiger partial charge in [0.2, 0.25) is 0 Å². The first-order chi connectivity index (χ1) is 9.67. The van der Waals surface area contributed by atoms with E-state index in [1.807, 2.05) is 36.4 Å². The summed E-state index contributed by atoms with van der Waals surface area (Å²) in [7, 11) is 1.64. The van der Waals surface area contributed by atoms with Gasteiger partial charge < -0.3 is 4.74 Å². The van der Waals surface area contributed by atoms with Gasteiger partial charge in [0.05, 0.1) is 18.3 Å². The van der Waals surface area contributed by atoms with Gasteiger partial charge >= 0.3 is 0 Å². The molecule has 0 fully saturated rings. The van der Waals surface area contributed by atoms with Crippen LogP contribution >= 0.6 is 0 Å². The van der Waals surface area contributed by atoms with E-state index in [0.29, 0.717) is 5.56 Å². The zero-order chi connectivity index (χ0) is 14.1. The second kappa shape index (κ2) is 4.93. The monoisotopic (exact) mass is 267 g/mol. The van der Waals surface area contributed by atoms with Gasteiger partial charge in [-0.1, -0.05) is 18.2 Å². The molecule has 0 aliphatic heterocycles. The lowest BCUT2D eigenvalue weighted by Gasteiger charge is -2.06. The third kappa shape index (κ3) is 2.23. The Kier molecular flexibility index (Phi) is 3.11.